The summed E-state index contributed by atoms with van der Waals surface area (Å²) < 4.78 is 0. The first kappa shape index (κ1) is 12.9. The monoisotopic (exact) mass is 247 g/mol. The number of carbonyl (C=O) groups excluding carboxylic acids is 1. The van der Waals surface area contributed by atoms with Crippen molar-refractivity contribution in [3.63, 3.8) is 0 Å². The average molecular weight is 247 g/mol. The predicted molar refractivity (Wildman–Crippen MR) is 73.2 cm³/mol. The van der Waals surface area contributed by atoms with E-state index < -0.39 is 0 Å². The molecule has 1 aromatic heterocycles. The lowest BCUT2D eigenvalue weighted by Crippen LogP contribution is -2.35. The lowest BCUT2D eigenvalue weighted by atomic mass is 9.82. The second-order valence-corrected chi connectivity index (χ2v) is 5.29. The number of hydrogen-bond donors (Lipinski definition) is 1. The van der Waals surface area contributed by atoms with Crippen LogP contribution in [0.2, 0.25) is 0 Å². The van der Waals surface area contributed by atoms with Crippen LogP contribution in [-0.4, -0.2) is 17.9 Å². The van der Waals surface area contributed by atoms with Crippen LogP contribution in [0.1, 0.15) is 32.6 Å². The summed E-state index contributed by atoms with van der Waals surface area (Å²) in [6.07, 6.45) is 7.54. The predicted octanol–water partition coefficient (Wildman–Crippen LogP) is 2.45. The second-order valence-electron chi connectivity index (χ2n) is 5.29. The van der Waals surface area contributed by atoms with Crippen molar-refractivity contribution in [2.75, 3.05) is 17.7 Å². The molecule has 0 spiro atoms. The Morgan fingerprint density at radius 3 is 2.67 bits per heavy atom. The van der Waals surface area contributed by atoms with E-state index in [4.69, 9.17) is 5.73 Å². The van der Waals surface area contributed by atoms with Crippen molar-refractivity contribution in [2.24, 2.45) is 11.8 Å². The second kappa shape index (κ2) is 5.38. The van der Waals surface area contributed by atoms with Crippen LogP contribution in [0.5, 0.6) is 0 Å². The molecule has 1 fully saturated rings. The molecule has 0 saturated heterocycles. The van der Waals surface area contributed by atoms with Crippen molar-refractivity contribution in [3.05, 3.63) is 18.5 Å². The summed E-state index contributed by atoms with van der Waals surface area (Å²) in [5.41, 5.74) is 7.17. The minimum absolute atomic E-state index is 0.152. The number of nitrogen functional groups attached to an aromatic ring is 1. The maximum absolute atomic E-state index is 12.4. The van der Waals surface area contributed by atoms with Gasteiger partial charge in [-0.15, -0.1) is 0 Å². The normalized spacial score (nSPS) is 23.7. The summed E-state index contributed by atoms with van der Waals surface area (Å²) >= 11 is 0. The minimum atomic E-state index is 0.152. The Labute approximate surface area is 108 Å². The number of nitrogens with two attached hydrogens (primary N) is 1. The third kappa shape index (κ3) is 2.63. The molecule has 4 heteroatoms. The highest BCUT2D eigenvalue weighted by Crippen LogP contribution is 2.31. The van der Waals surface area contributed by atoms with Gasteiger partial charge in [-0.1, -0.05) is 6.92 Å². The van der Waals surface area contributed by atoms with E-state index in [2.05, 4.69) is 11.9 Å². The quantitative estimate of drug-likeness (QED) is 0.873. The molecule has 0 atom stereocenters. The van der Waals surface area contributed by atoms with Crippen LogP contribution in [0.3, 0.4) is 0 Å². The highest BCUT2D eigenvalue weighted by atomic mass is 16.2. The minimum Gasteiger partial charge on any atom is -0.396 e. The van der Waals surface area contributed by atoms with Crippen LogP contribution >= 0.6 is 0 Å². The zero-order chi connectivity index (χ0) is 13.1. The third-order valence-corrected chi connectivity index (χ3v) is 3.88. The van der Waals surface area contributed by atoms with Gasteiger partial charge in [0.05, 0.1) is 17.6 Å². The molecule has 0 radical (unpaired) electrons. The smallest absolute Gasteiger partial charge is 0.229 e. The zero-order valence-corrected chi connectivity index (χ0v) is 11.1. The SMILES string of the molecule is CC1CCC(C(=O)N(C)c2ccncc2N)CC1. The molecule has 1 saturated carbocycles. The number of rotatable bonds is 2. The summed E-state index contributed by atoms with van der Waals surface area (Å²) in [5, 5.41) is 0. The molecule has 0 bridgehead atoms. The third-order valence-electron chi connectivity index (χ3n) is 3.88. The molecule has 1 aromatic rings. The first-order valence-electron chi connectivity index (χ1n) is 6.56. The molecule has 0 aliphatic heterocycles. The molecule has 18 heavy (non-hydrogen) atoms. The van der Waals surface area contributed by atoms with Crippen molar-refractivity contribution < 1.29 is 4.79 Å². The van der Waals surface area contributed by atoms with Crippen molar-refractivity contribution in [1.82, 2.24) is 4.98 Å². The molecule has 2 N–H and O–H groups in total. The molecule has 0 aromatic carbocycles. The van der Waals surface area contributed by atoms with E-state index in [1.807, 2.05) is 0 Å². The highest BCUT2D eigenvalue weighted by molar-refractivity contribution is 5.97. The highest BCUT2D eigenvalue weighted by Gasteiger charge is 2.27. The Morgan fingerprint density at radius 2 is 2.06 bits per heavy atom. The molecule has 1 amide bonds. The van der Waals surface area contributed by atoms with Gasteiger partial charge in [0.25, 0.3) is 0 Å². The topological polar surface area (TPSA) is 59.2 Å². The van der Waals surface area contributed by atoms with Gasteiger partial charge in [0, 0.05) is 19.2 Å². The fourth-order valence-corrected chi connectivity index (χ4v) is 2.60. The molecular weight excluding hydrogens is 226 g/mol. The van der Waals surface area contributed by atoms with Crippen LogP contribution in [-0.2, 0) is 4.79 Å². The van der Waals surface area contributed by atoms with Crippen LogP contribution < -0.4 is 10.6 Å². The maximum atomic E-state index is 12.4. The van der Waals surface area contributed by atoms with Gasteiger partial charge in [0.2, 0.25) is 5.91 Å². The standard InChI is InChI=1S/C14H21N3O/c1-10-3-5-11(6-4-10)14(18)17(2)13-7-8-16-9-12(13)15/h7-11H,3-6,15H2,1-2H3. The molecule has 98 valence electrons. The van der Waals surface area contributed by atoms with E-state index in [0.717, 1.165) is 37.3 Å². The average Bonchev–Trinajstić information content (AvgIpc) is 2.38. The largest absolute Gasteiger partial charge is 0.396 e. The van der Waals surface area contributed by atoms with E-state index in [9.17, 15) is 4.79 Å². The van der Waals surface area contributed by atoms with Crippen LogP contribution in [0, 0.1) is 11.8 Å². The van der Waals surface area contributed by atoms with Gasteiger partial charge in [0.1, 0.15) is 0 Å². The lowest BCUT2D eigenvalue weighted by Gasteiger charge is -2.29. The van der Waals surface area contributed by atoms with E-state index >= 15 is 0 Å². The maximum Gasteiger partial charge on any atom is 0.229 e. The van der Waals surface area contributed by atoms with E-state index in [1.165, 1.54) is 0 Å². The summed E-state index contributed by atoms with van der Waals surface area (Å²) in [4.78, 5) is 18.0. The van der Waals surface area contributed by atoms with Gasteiger partial charge < -0.3 is 10.6 Å². The first-order valence-corrected chi connectivity index (χ1v) is 6.56. The number of aromatic nitrogens is 1. The van der Waals surface area contributed by atoms with Gasteiger partial charge in [0.15, 0.2) is 0 Å². The van der Waals surface area contributed by atoms with Crippen molar-refractivity contribution in [2.45, 2.75) is 32.6 Å². The molecule has 4 nitrogen and oxygen atoms in total. The molecule has 1 aliphatic rings. The molecular formula is C14H21N3O. The fourth-order valence-electron chi connectivity index (χ4n) is 2.60. The molecule has 1 heterocycles. The van der Waals surface area contributed by atoms with Gasteiger partial charge in [-0.25, -0.2) is 0 Å². The summed E-state index contributed by atoms with van der Waals surface area (Å²) in [5.74, 6) is 1.09. The van der Waals surface area contributed by atoms with Crippen molar-refractivity contribution in [3.8, 4) is 0 Å². The van der Waals surface area contributed by atoms with E-state index in [1.54, 1.807) is 30.4 Å². The lowest BCUT2D eigenvalue weighted by molar-refractivity contribution is -0.123. The Balaban J connectivity index is 2.07. The number of nitrogens with zero attached hydrogens (tertiary/aromatic N) is 2. The number of anilines is 2. The van der Waals surface area contributed by atoms with Crippen molar-refractivity contribution in [1.29, 1.82) is 0 Å². The molecule has 2 rings (SSSR count). The summed E-state index contributed by atoms with van der Waals surface area (Å²) in [7, 11) is 1.80. The van der Waals surface area contributed by atoms with Gasteiger partial charge >= 0.3 is 0 Å². The summed E-state index contributed by atoms with van der Waals surface area (Å²) in [6, 6.07) is 1.79. The van der Waals surface area contributed by atoms with Gasteiger partial charge in [-0.2, -0.15) is 0 Å². The van der Waals surface area contributed by atoms with E-state index in [-0.39, 0.29) is 11.8 Å². The fraction of sp³-hybridized carbons (Fsp3) is 0.571. The van der Waals surface area contributed by atoms with E-state index in [0.29, 0.717) is 5.69 Å². The van der Waals surface area contributed by atoms with Crippen LogP contribution in [0.15, 0.2) is 18.5 Å². The van der Waals surface area contributed by atoms with Gasteiger partial charge in [-0.3, -0.25) is 9.78 Å². The molecule has 0 unspecified atom stereocenters. The molecule has 1 aliphatic carbocycles. The Kier molecular flexibility index (Phi) is 3.84. The van der Waals surface area contributed by atoms with Crippen LogP contribution in [0.4, 0.5) is 11.4 Å². The first-order chi connectivity index (χ1) is 8.59. The number of amides is 1. The van der Waals surface area contributed by atoms with Crippen molar-refractivity contribution >= 4 is 17.3 Å². The number of pyridine rings is 1. The number of carbonyl (C=O) groups is 1. The van der Waals surface area contributed by atoms with Gasteiger partial charge in [-0.05, 0) is 37.7 Å². The zero-order valence-electron chi connectivity index (χ0n) is 11.1. The Morgan fingerprint density at radius 1 is 1.39 bits per heavy atom. The summed E-state index contributed by atoms with van der Waals surface area (Å²) in [6.45, 7) is 2.26. The Hall–Kier alpha value is -1.58. The van der Waals surface area contributed by atoms with Crippen LogP contribution in [0.25, 0.3) is 0 Å². The number of hydrogen-bond acceptors (Lipinski definition) is 3. The Bertz CT molecular complexity index is 425.